The van der Waals surface area contributed by atoms with Crippen LogP contribution in [0.5, 0.6) is 0 Å². The van der Waals surface area contributed by atoms with Crippen LogP contribution in [-0.2, 0) is 26.0 Å². The summed E-state index contributed by atoms with van der Waals surface area (Å²) in [6.45, 7) is 6.99. The van der Waals surface area contributed by atoms with Gasteiger partial charge in [0.15, 0.2) is 0 Å². The lowest BCUT2D eigenvalue weighted by atomic mass is 10.1. The van der Waals surface area contributed by atoms with Crippen molar-refractivity contribution in [1.29, 1.82) is 0 Å². The first-order valence-corrected chi connectivity index (χ1v) is 13.0. The molecule has 0 unspecified atom stereocenters. The summed E-state index contributed by atoms with van der Waals surface area (Å²) in [6, 6.07) is 17.0. The van der Waals surface area contributed by atoms with Crippen molar-refractivity contribution in [2.24, 2.45) is 0 Å². The molecule has 3 aromatic carbocycles. The van der Waals surface area contributed by atoms with E-state index in [1.165, 1.54) is 24.3 Å². The topological polar surface area (TPSA) is 114 Å². The fraction of sp³-hybridized carbons (Fsp3) is 0.259. The third-order valence-electron chi connectivity index (χ3n) is 5.08. The fourth-order valence-corrected chi connectivity index (χ4v) is 4.41. The van der Waals surface area contributed by atoms with E-state index in [0.29, 0.717) is 0 Å². The number of halogens is 1. The van der Waals surface area contributed by atoms with E-state index in [9.17, 15) is 22.4 Å². The molecule has 0 aliphatic heterocycles. The van der Waals surface area contributed by atoms with Crippen LogP contribution < -0.4 is 15.4 Å². The van der Waals surface area contributed by atoms with Gasteiger partial charge in [0.1, 0.15) is 17.5 Å². The highest BCUT2D eigenvalue weighted by Crippen LogP contribution is 2.23. The molecule has 3 aromatic rings. The molecule has 0 bridgehead atoms. The van der Waals surface area contributed by atoms with Gasteiger partial charge in [-0.2, -0.15) is 0 Å². The van der Waals surface area contributed by atoms with Crippen LogP contribution in [0.15, 0.2) is 77.7 Å². The zero-order valence-corrected chi connectivity index (χ0v) is 21.9. The summed E-state index contributed by atoms with van der Waals surface area (Å²) in [5.74, 6) is -1.50. The van der Waals surface area contributed by atoms with Crippen molar-refractivity contribution in [3.05, 3.63) is 89.7 Å². The number of anilines is 2. The normalized spacial score (nSPS) is 12.4. The molecule has 196 valence electrons. The predicted molar refractivity (Wildman–Crippen MR) is 140 cm³/mol. The van der Waals surface area contributed by atoms with Gasteiger partial charge in [0.25, 0.3) is 10.0 Å². The van der Waals surface area contributed by atoms with Gasteiger partial charge in [-0.15, -0.1) is 0 Å². The number of hydrogen-bond acceptors (Lipinski definition) is 5. The number of carbonyl (C=O) groups excluding carboxylic acids is 2. The number of ether oxygens (including phenoxy) is 1. The van der Waals surface area contributed by atoms with Gasteiger partial charge >= 0.3 is 12.0 Å². The molecule has 0 saturated heterocycles. The van der Waals surface area contributed by atoms with Crippen molar-refractivity contribution < 1.29 is 27.1 Å². The monoisotopic (exact) mass is 527 g/mol. The number of nitrogens with one attached hydrogen (secondary N) is 3. The van der Waals surface area contributed by atoms with Crippen molar-refractivity contribution in [2.75, 3.05) is 10.0 Å². The van der Waals surface area contributed by atoms with Gasteiger partial charge in [-0.05, 0) is 63.6 Å². The van der Waals surface area contributed by atoms with Crippen molar-refractivity contribution in [1.82, 2.24) is 5.32 Å². The number of urea groups is 1. The summed E-state index contributed by atoms with van der Waals surface area (Å²) in [5.41, 5.74) is 0.735. The number of sulfonamides is 1. The van der Waals surface area contributed by atoms with E-state index < -0.39 is 39.5 Å². The number of esters is 1. The summed E-state index contributed by atoms with van der Waals surface area (Å²) in [6.07, 6.45) is 0.192. The van der Waals surface area contributed by atoms with Crippen LogP contribution in [-0.4, -0.2) is 32.1 Å². The number of benzene rings is 3. The molecule has 3 N–H and O–H groups in total. The van der Waals surface area contributed by atoms with E-state index in [-0.39, 0.29) is 22.7 Å². The maximum absolute atomic E-state index is 14.7. The van der Waals surface area contributed by atoms with Crippen molar-refractivity contribution in [2.45, 2.75) is 50.7 Å². The summed E-state index contributed by atoms with van der Waals surface area (Å²) < 4.78 is 47.5. The quantitative estimate of drug-likeness (QED) is 0.357. The Morgan fingerprint density at radius 1 is 0.973 bits per heavy atom. The van der Waals surface area contributed by atoms with E-state index in [4.69, 9.17) is 4.74 Å². The summed E-state index contributed by atoms with van der Waals surface area (Å²) >= 11 is 0. The lowest BCUT2D eigenvalue weighted by Gasteiger charge is -2.25. The van der Waals surface area contributed by atoms with Crippen molar-refractivity contribution in [3.8, 4) is 0 Å². The molecule has 0 saturated carbocycles. The van der Waals surface area contributed by atoms with Gasteiger partial charge in [0.2, 0.25) is 0 Å². The summed E-state index contributed by atoms with van der Waals surface area (Å²) in [7, 11) is -4.00. The Labute approximate surface area is 216 Å². The molecule has 0 aliphatic carbocycles. The molecule has 0 heterocycles. The Kier molecular flexibility index (Phi) is 8.54. The first-order chi connectivity index (χ1) is 17.3. The second-order valence-corrected chi connectivity index (χ2v) is 11.2. The highest BCUT2D eigenvalue weighted by molar-refractivity contribution is 7.92. The number of carbonyl (C=O) groups is 2. The van der Waals surface area contributed by atoms with Crippen molar-refractivity contribution in [3.63, 3.8) is 0 Å². The average molecular weight is 528 g/mol. The molecule has 8 nitrogen and oxygen atoms in total. The molecule has 0 radical (unpaired) electrons. The van der Waals surface area contributed by atoms with Crippen LogP contribution in [0, 0.1) is 12.7 Å². The second kappa shape index (κ2) is 11.4. The minimum absolute atomic E-state index is 0.00863. The lowest BCUT2D eigenvalue weighted by molar-refractivity contribution is -0.157. The van der Waals surface area contributed by atoms with Gasteiger partial charge in [-0.1, -0.05) is 48.0 Å². The van der Waals surface area contributed by atoms with Crippen LogP contribution >= 0.6 is 0 Å². The zero-order valence-electron chi connectivity index (χ0n) is 21.0. The Hall–Kier alpha value is -3.92. The van der Waals surface area contributed by atoms with E-state index in [1.54, 1.807) is 32.9 Å². The minimum atomic E-state index is -4.00. The Balaban J connectivity index is 1.70. The molecular formula is C27H30FN3O5S. The van der Waals surface area contributed by atoms with Gasteiger partial charge in [0.05, 0.1) is 10.6 Å². The fourth-order valence-electron chi connectivity index (χ4n) is 3.34. The molecule has 1 atom stereocenters. The summed E-state index contributed by atoms with van der Waals surface area (Å²) in [4.78, 5) is 25.4. The average Bonchev–Trinajstić information content (AvgIpc) is 2.80. The molecule has 10 heteroatoms. The molecule has 0 spiro atoms. The van der Waals surface area contributed by atoms with E-state index in [0.717, 1.165) is 17.2 Å². The van der Waals surface area contributed by atoms with Crippen LogP contribution in [0.25, 0.3) is 0 Å². The Bertz CT molecular complexity index is 1360. The van der Waals surface area contributed by atoms with Crippen LogP contribution in [0.3, 0.4) is 0 Å². The molecule has 2 amide bonds. The van der Waals surface area contributed by atoms with Gasteiger partial charge < -0.3 is 15.4 Å². The van der Waals surface area contributed by atoms with Gasteiger partial charge in [-0.25, -0.2) is 22.4 Å². The van der Waals surface area contributed by atoms with Crippen LogP contribution in [0.4, 0.5) is 20.6 Å². The zero-order chi connectivity index (χ0) is 27.2. The third kappa shape index (κ3) is 8.32. The van der Waals surface area contributed by atoms with E-state index >= 15 is 0 Å². The number of aryl methyl sites for hydroxylation is 1. The Morgan fingerprint density at radius 2 is 1.62 bits per heavy atom. The molecule has 3 rings (SSSR count). The largest absolute Gasteiger partial charge is 0.458 e. The first kappa shape index (κ1) is 27.7. The number of hydrogen-bond donors (Lipinski definition) is 3. The molecule has 0 fully saturated rings. The Morgan fingerprint density at radius 3 is 2.22 bits per heavy atom. The molecule has 0 aromatic heterocycles. The first-order valence-electron chi connectivity index (χ1n) is 11.6. The maximum atomic E-state index is 14.7. The minimum Gasteiger partial charge on any atom is -0.458 e. The van der Waals surface area contributed by atoms with Crippen LogP contribution in [0.2, 0.25) is 0 Å². The second-order valence-electron chi connectivity index (χ2n) is 9.49. The predicted octanol–water partition coefficient (Wildman–Crippen LogP) is 5.01. The van der Waals surface area contributed by atoms with E-state index in [2.05, 4.69) is 15.4 Å². The standard InChI is InChI=1S/C27H30FN3O5S/c1-18-10-13-21(14-11-18)37(34,35)31-23-15-12-20(17-22(23)28)29-26(33)30-24(25(32)36-27(2,3)4)16-19-8-6-5-7-9-19/h5-15,17,24,31H,16H2,1-4H3,(H2,29,30,33)/t24-/m1/s1. The van der Waals surface area contributed by atoms with E-state index in [1.807, 2.05) is 37.3 Å². The molecule has 0 aliphatic rings. The van der Waals surface area contributed by atoms with Gasteiger partial charge in [0, 0.05) is 12.1 Å². The highest BCUT2D eigenvalue weighted by atomic mass is 32.2. The maximum Gasteiger partial charge on any atom is 0.329 e. The van der Waals surface area contributed by atoms with Gasteiger partial charge in [-0.3, -0.25) is 4.72 Å². The highest BCUT2D eigenvalue weighted by Gasteiger charge is 2.27. The number of amides is 2. The lowest BCUT2D eigenvalue weighted by Crippen LogP contribution is -2.47. The van der Waals surface area contributed by atoms with Crippen molar-refractivity contribution >= 4 is 33.4 Å². The van der Waals surface area contributed by atoms with Crippen LogP contribution in [0.1, 0.15) is 31.9 Å². The third-order valence-corrected chi connectivity index (χ3v) is 6.46. The number of rotatable bonds is 8. The summed E-state index contributed by atoms with van der Waals surface area (Å²) in [5, 5.41) is 5.05. The molecular weight excluding hydrogens is 497 g/mol. The SMILES string of the molecule is Cc1ccc(S(=O)(=O)Nc2ccc(NC(=O)N[C@H](Cc3ccccc3)C(=O)OC(C)(C)C)cc2F)cc1. The smallest absolute Gasteiger partial charge is 0.329 e. The molecule has 37 heavy (non-hydrogen) atoms.